The van der Waals surface area contributed by atoms with E-state index in [1.165, 1.54) is 15.9 Å². The fraction of sp³-hybridized carbons (Fsp3) is 0.286. The summed E-state index contributed by atoms with van der Waals surface area (Å²) >= 11 is 0. The zero-order valence-corrected chi connectivity index (χ0v) is 26.3. The minimum Gasteiger partial charge on any atom is -0.452 e. The van der Waals surface area contributed by atoms with Crippen molar-refractivity contribution < 1.29 is 22.7 Å². The number of allylic oxidation sites excluding steroid dienone is 1. The van der Waals surface area contributed by atoms with Gasteiger partial charge in [0.05, 0.1) is 21.7 Å². The van der Waals surface area contributed by atoms with Gasteiger partial charge in [0.15, 0.2) is 6.61 Å². The largest absolute Gasteiger partial charge is 0.452 e. The van der Waals surface area contributed by atoms with E-state index < -0.39 is 28.5 Å². The maximum Gasteiger partial charge on any atom is 0.339 e. The lowest BCUT2D eigenvalue weighted by Crippen LogP contribution is -2.31. The summed E-state index contributed by atoms with van der Waals surface area (Å²) in [6.45, 7) is 7.46. The molecule has 0 radical (unpaired) electrons. The van der Waals surface area contributed by atoms with Gasteiger partial charge in [-0.2, -0.15) is 4.31 Å². The molecule has 0 fully saturated rings. The average Bonchev–Trinajstić information content (AvgIpc) is 3.01. The van der Waals surface area contributed by atoms with Gasteiger partial charge >= 0.3 is 5.97 Å². The molecule has 9 heteroatoms. The first kappa shape index (κ1) is 31.1. The van der Waals surface area contributed by atoms with Gasteiger partial charge in [0.1, 0.15) is 0 Å². The van der Waals surface area contributed by atoms with Crippen LogP contribution >= 0.6 is 0 Å². The summed E-state index contributed by atoms with van der Waals surface area (Å²) in [6, 6.07) is 20.5. The first-order chi connectivity index (χ1) is 21.1. The number of hydrogen-bond donors (Lipinski definition) is 1. The van der Waals surface area contributed by atoms with E-state index in [9.17, 15) is 18.0 Å². The smallest absolute Gasteiger partial charge is 0.339 e. The number of rotatable bonds is 9. The van der Waals surface area contributed by atoms with E-state index >= 15 is 0 Å². The molecule has 0 saturated heterocycles. The predicted molar refractivity (Wildman–Crippen MR) is 174 cm³/mol. The second-order valence-corrected chi connectivity index (χ2v) is 12.9. The van der Waals surface area contributed by atoms with E-state index in [4.69, 9.17) is 9.72 Å². The summed E-state index contributed by atoms with van der Waals surface area (Å²) in [7, 11) is -3.72. The monoisotopic (exact) mass is 611 g/mol. The fourth-order valence-electron chi connectivity index (χ4n) is 5.63. The molecule has 0 spiro atoms. The molecule has 5 rings (SSSR count). The molecule has 1 heterocycles. The highest BCUT2D eigenvalue weighted by Gasteiger charge is 2.27. The number of nitrogens with zero attached hydrogens (tertiary/aromatic N) is 2. The molecule has 0 bridgehead atoms. The van der Waals surface area contributed by atoms with E-state index in [0.29, 0.717) is 47.2 Å². The minimum absolute atomic E-state index is 0.125. The number of carbonyl (C=O) groups is 2. The van der Waals surface area contributed by atoms with Crippen LogP contribution in [0.25, 0.3) is 22.6 Å². The molecule has 1 aliphatic rings. The number of anilines is 1. The van der Waals surface area contributed by atoms with Crippen LogP contribution in [0, 0.1) is 13.8 Å². The molecule has 1 aliphatic carbocycles. The van der Waals surface area contributed by atoms with E-state index in [1.54, 1.807) is 32.9 Å². The average molecular weight is 612 g/mol. The number of aromatic nitrogens is 1. The van der Waals surface area contributed by atoms with Crippen LogP contribution < -0.4 is 5.32 Å². The maximum atomic E-state index is 13.6. The Morgan fingerprint density at radius 2 is 1.70 bits per heavy atom. The highest BCUT2D eigenvalue weighted by molar-refractivity contribution is 7.89. The Labute approximate surface area is 258 Å². The van der Waals surface area contributed by atoms with Crippen LogP contribution in [-0.2, 0) is 26.0 Å². The van der Waals surface area contributed by atoms with Crippen LogP contribution in [0.5, 0.6) is 0 Å². The van der Waals surface area contributed by atoms with Gasteiger partial charge in [-0.3, -0.25) is 4.79 Å². The normalized spacial score (nSPS) is 14.1. The van der Waals surface area contributed by atoms with Crippen LogP contribution in [0.4, 0.5) is 5.69 Å². The van der Waals surface area contributed by atoms with Gasteiger partial charge in [0.25, 0.3) is 5.91 Å². The van der Waals surface area contributed by atoms with Crippen molar-refractivity contribution in [2.75, 3.05) is 25.0 Å². The standard InChI is InChI=1S/C35H37N3O5S/c1-5-38(6-2)44(41,42)31-21-27(19-16-24(31)4)36-32(39)22-43-35(40)33-28-11-7-8-13-30(28)37-34-26(10-9-12-29(33)34)20-25-17-14-23(3)15-18-25/h7-8,11,13-21H,5-6,9-10,12,22H2,1-4H3,(H,36,39). The Morgan fingerprint density at radius 1 is 0.977 bits per heavy atom. The van der Waals surface area contributed by atoms with Crippen molar-refractivity contribution in [3.05, 3.63) is 100 Å². The number of benzene rings is 3. The van der Waals surface area contributed by atoms with Gasteiger partial charge in [-0.25, -0.2) is 18.2 Å². The van der Waals surface area contributed by atoms with Crippen LogP contribution in [0.3, 0.4) is 0 Å². The van der Waals surface area contributed by atoms with E-state index in [2.05, 4.69) is 42.6 Å². The van der Waals surface area contributed by atoms with Gasteiger partial charge in [-0.1, -0.05) is 67.9 Å². The second kappa shape index (κ2) is 13.1. The van der Waals surface area contributed by atoms with Crippen molar-refractivity contribution in [2.24, 2.45) is 0 Å². The molecule has 1 amide bonds. The maximum absolute atomic E-state index is 13.6. The number of ether oxygens (including phenoxy) is 1. The third-order valence-corrected chi connectivity index (χ3v) is 10.1. The van der Waals surface area contributed by atoms with Crippen molar-refractivity contribution >= 4 is 50.1 Å². The van der Waals surface area contributed by atoms with Crippen molar-refractivity contribution in [3.63, 3.8) is 0 Å². The Bertz CT molecular complexity index is 1860. The zero-order chi connectivity index (χ0) is 31.4. The molecular formula is C35H37N3O5S. The van der Waals surface area contributed by atoms with Crippen LogP contribution in [0.1, 0.15) is 65.0 Å². The van der Waals surface area contributed by atoms with Gasteiger partial charge < -0.3 is 10.1 Å². The summed E-state index contributed by atoms with van der Waals surface area (Å²) < 4.78 is 33.2. The summed E-state index contributed by atoms with van der Waals surface area (Å²) in [6.07, 6.45) is 4.49. The number of para-hydroxylation sites is 1. The number of aryl methyl sites for hydroxylation is 2. The van der Waals surface area contributed by atoms with Gasteiger partial charge in [0, 0.05) is 24.2 Å². The number of pyridine rings is 1. The second-order valence-electron chi connectivity index (χ2n) is 11.0. The van der Waals surface area contributed by atoms with Crippen molar-refractivity contribution in [1.82, 2.24) is 9.29 Å². The molecule has 1 aromatic heterocycles. The number of fused-ring (bicyclic) bond motifs is 2. The molecule has 44 heavy (non-hydrogen) atoms. The lowest BCUT2D eigenvalue weighted by atomic mass is 9.86. The molecular weight excluding hydrogens is 574 g/mol. The first-order valence-electron chi connectivity index (χ1n) is 14.9. The molecule has 0 unspecified atom stereocenters. The fourth-order valence-corrected chi connectivity index (χ4v) is 7.34. The molecule has 0 atom stereocenters. The number of carbonyl (C=O) groups excluding carboxylic acids is 2. The highest BCUT2D eigenvalue weighted by Crippen LogP contribution is 2.36. The summed E-state index contributed by atoms with van der Waals surface area (Å²) in [5.41, 5.74) is 6.91. The molecule has 0 saturated carbocycles. The van der Waals surface area contributed by atoms with E-state index in [1.807, 2.05) is 24.3 Å². The van der Waals surface area contributed by atoms with Crippen molar-refractivity contribution in [1.29, 1.82) is 0 Å². The Hall–Kier alpha value is -4.34. The van der Waals surface area contributed by atoms with Gasteiger partial charge in [0.2, 0.25) is 10.0 Å². The first-order valence-corrected chi connectivity index (χ1v) is 16.3. The van der Waals surface area contributed by atoms with E-state index in [0.717, 1.165) is 35.2 Å². The topological polar surface area (TPSA) is 106 Å². The third kappa shape index (κ3) is 6.44. The van der Waals surface area contributed by atoms with E-state index in [-0.39, 0.29) is 4.90 Å². The SMILES string of the molecule is CCN(CC)S(=O)(=O)c1cc(NC(=O)COC(=O)c2c3c(nc4ccccc24)C(=Cc2ccc(C)cc2)CCC3)ccc1C. The van der Waals surface area contributed by atoms with Crippen molar-refractivity contribution in [3.8, 4) is 0 Å². The highest BCUT2D eigenvalue weighted by atomic mass is 32.2. The minimum atomic E-state index is -3.72. The number of sulfonamides is 1. The molecule has 228 valence electrons. The Morgan fingerprint density at radius 3 is 2.43 bits per heavy atom. The third-order valence-electron chi connectivity index (χ3n) is 7.92. The summed E-state index contributed by atoms with van der Waals surface area (Å²) in [4.78, 5) is 31.6. The molecule has 8 nitrogen and oxygen atoms in total. The molecule has 0 aliphatic heterocycles. The van der Waals surface area contributed by atoms with Gasteiger partial charge in [-0.15, -0.1) is 0 Å². The summed E-state index contributed by atoms with van der Waals surface area (Å²) in [5.74, 6) is -1.17. The van der Waals surface area contributed by atoms with Crippen LogP contribution in [0.15, 0.2) is 71.6 Å². The lowest BCUT2D eigenvalue weighted by molar-refractivity contribution is -0.119. The quantitative estimate of drug-likeness (QED) is 0.215. The molecule has 1 N–H and O–H groups in total. The zero-order valence-electron chi connectivity index (χ0n) is 25.5. The van der Waals surface area contributed by atoms with Crippen molar-refractivity contribution in [2.45, 2.75) is 51.9 Å². The number of esters is 1. The molecule has 4 aromatic rings. The Kier molecular flexibility index (Phi) is 9.27. The number of nitrogens with one attached hydrogen (secondary N) is 1. The van der Waals surface area contributed by atoms with Crippen LogP contribution in [-0.4, -0.2) is 49.3 Å². The predicted octanol–water partition coefficient (Wildman–Crippen LogP) is 6.55. The summed E-state index contributed by atoms with van der Waals surface area (Å²) in [5, 5.41) is 3.36. The lowest BCUT2D eigenvalue weighted by Gasteiger charge is -2.22. The molecule has 3 aromatic carbocycles. The number of hydrogen-bond acceptors (Lipinski definition) is 6. The van der Waals surface area contributed by atoms with Crippen LogP contribution in [0.2, 0.25) is 0 Å². The van der Waals surface area contributed by atoms with Gasteiger partial charge in [-0.05, 0) is 79.6 Å². The number of amides is 1. The Balaban J connectivity index is 1.39.